The van der Waals surface area contributed by atoms with Crippen LogP contribution in [-0.4, -0.2) is 168 Å². The lowest BCUT2D eigenvalue weighted by molar-refractivity contribution is -0.265. The van der Waals surface area contributed by atoms with E-state index in [2.05, 4.69) is 0 Å². The molecule has 3 heterocycles. The predicted molar refractivity (Wildman–Crippen MR) is 273 cm³/mol. The maximum Gasteiger partial charge on any atom is 0.329 e. The number of carbonyl (C=O) groups excluding carboxylic acids is 6. The molecule has 74 heavy (non-hydrogen) atoms. The molecule has 0 unspecified atom stereocenters. The molecule has 18 heteroatoms. The minimum atomic E-state index is -2.49. The van der Waals surface area contributed by atoms with E-state index in [1.807, 2.05) is 51.2 Å². The maximum atomic E-state index is 14.6. The van der Waals surface area contributed by atoms with Gasteiger partial charge in [-0.3, -0.25) is 24.0 Å². The highest BCUT2D eigenvalue weighted by atomic mass is 16.6. The summed E-state index contributed by atoms with van der Waals surface area (Å²) < 4.78 is 35.3. The van der Waals surface area contributed by atoms with Crippen molar-refractivity contribution in [2.75, 3.05) is 47.7 Å². The number of rotatable bonds is 11. The molecule has 5 N–H and O–H groups in total. The Morgan fingerprint density at radius 3 is 2.22 bits per heavy atom. The van der Waals surface area contributed by atoms with Gasteiger partial charge in [0.1, 0.15) is 41.7 Å². The minimum Gasteiger partial charge on any atom is -0.460 e. The highest BCUT2D eigenvalue weighted by molar-refractivity contribution is 6.39. The molecular weight excluding hydrogens is 959 g/mol. The van der Waals surface area contributed by atoms with Crippen LogP contribution in [0, 0.1) is 40.9 Å². The van der Waals surface area contributed by atoms with Crippen LogP contribution >= 0.6 is 0 Å². The van der Waals surface area contributed by atoms with Crippen LogP contribution in [0.25, 0.3) is 0 Å². The first kappa shape index (κ1) is 62.6. The molecule has 0 radical (unpaired) electrons. The van der Waals surface area contributed by atoms with Gasteiger partial charge < -0.3 is 58.9 Å². The number of piperidine rings is 1. The van der Waals surface area contributed by atoms with Crippen molar-refractivity contribution in [1.29, 1.82) is 0 Å². The lowest BCUT2D eigenvalue weighted by atomic mass is 9.78. The lowest BCUT2D eigenvalue weighted by Gasteiger charge is -2.42. The maximum absolute atomic E-state index is 14.6. The van der Waals surface area contributed by atoms with Crippen molar-refractivity contribution < 1.29 is 82.7 Å². The van der Waals surface area contributed by atoms with Gasteiger partial charge in [0.25, 0.3) is 11.7 Å². The Kier molecular flexibility index (Phi) is 24.5. The number of nitrogens with zero attached hydrogens (tertiary/aromatic N) is 1. The van der Waals surface area contributed by atoms with Crippen molar-refractivity contribution in [3.8, 4) is 0 Å². The smallest absolute Gasteiger partial charge is 0.329 e. The SMILES string of the molecule is CO[C@H]1C[C@@H]2CC[C@@H](C)[C@@](O)(O2)C(=O)C(=O)N2CCCC[C@H]2C(=O)O[C@H]([C@H](C)C[C@@H]2CC[C@@H](OC(=O)C(C)(CO)CO)[C@H](OC)C2)CC(=O)[C@H](C)/C=C(\CO)[C@@H](O)[C@@H](OC)C(=O)[C@H](C)C[C@H](C)/C=C/C=C/C=C/1C. The summed E-state index contributed by atoms with van der Waals surface area (Å²) in [6.45, 7) is 10.1. The average molecular weight is 1050 g/mol. The number of Topliss-reactive ketones (excluding diaryl/α,β-unsaturated/α-hetero) is 3. The quantitative estimate of drug-likeness (QED) is 0.107. The third-order valence-corrected chi connectivity index (χ3v) is 15.9. The number of aliphatic hydroxyl groups excluding tert-OH is 4. The summed E-state index contributed by atoms with van der Waals surface area (Å²) in [4.78, 5) is 85.5. The van der Waals surface area contributed by atoms with Gasteiger partial charge >= 0.3 is 11.9 Å². The zero-order valence-corrected chi connectivity index (χ0v) is 45.4. The Bertz CT molecular complexity index is 2030. The van der Waals surface area contributed by atoms with Crippen LogP contribution in [0.15, 0.2) is 47.6 Å². The van der Waals surface area contributed by atoms with E-state index in [9.17, 15) is 54.3 Å². The second kappa shape index (κ2) is 29.0. The van der Waals surface area contributed by atoms with Crippen LogP contribution < -0.4 is 0 Å². The van der Waals surface area contributed by atoms with Gasteiger partial charge in [-0.2, -0.15) is 0 Å². The van der Waals surface area contributed by atoms with E-state index >= 15 is 0 Å². The van der Waals surface area contributed by atoms with Crippen LogP contribution in [0.1, 0.15) is 126 Å². The molecule has 3 fully saturated rings. The molecule has 418 valence electrons. The van der Waals surface area contributed by atoms with E-state index in [0.717, 1.165) is 10.5 Å². The summed E-state index contributed by atoms with van der Waals surface area (Å²) in [6, 6.07) is -1.23. The fourth-order valence-electron chi connectivity index (χ4n) is 10.7. The number of hydrogen-bond donors (Lipinski definition) is 5. The summed E-state index contributed by atoms with van der Waals surface area (Å²) >= 11 is 0. The minimum absolute atomic E-state index is 0.00688. The average Bonchev–Trinajstić information content (AvgIpc) is 3.39. The number of hydrogen-bond acceptors (Lipinski definition) is 17. The Morgan fingerprint density at radius 2 is 1.58 bits per heavy atom. The standard InChI is InChI=1S/C56H87NO17/c1-33-16-12-11-13-17-34(2)45(69-8)28-41-21-19-38(6)56(68,74-41)51(64)52(65)57-23-15-14-18-42(57)53(66)72-46(29-43(61)35(3)26-40(30-58)49(63)50(71-10)48(62)37(5)24-33)36(4)25-39-20-22-44(47(27-39)70-9)73-54(67)55(7,31-59)32-60/h11-13,16-17,26,33,35-39,41-42,44-47,49-50,58-60,63,68H,14-15,18-25,27-32H2,1-10H3/b13-11+,16-12+,34-17+,40-26+/t33-,35-,36-,37-,38-,39+,41+,42+,44-,45+,46+,47-,49-,50+,56-/m1/s1. The summed E-state index contributed by atoms with van der Waals surface area (Å²) in [6.07, 6.45) is 8.55. The first-order valence-corrected chi connectivity index (χ1v) is 26.6. The summed E-state index contributed by atoms with van der Waals surface area (Å²) in [7, 11) is 4.34. The molecule has 0 aromatic rings. The fraction of sp³-hybridized carbons (Fsp3) is 0.750. The van der Waals surface area contributed by atoms with E-state index in [0.29, 0.717) is 57.8 Å². The number of aliphatic hydroxyl groups is 5. The molecule has 1 amide bonds. The molecule has 2 saturated heterocycles. The van der Waals surface area contributed by atoms with Crippen LogP contribution in [0.2, 0.25) is 0 Å². The zero-order valence-electron chi connectivity index (χ0n) is 45.4. The number of fused-ring (bicyclic) bond motifs is 3. The van der Waals surface area contributed by atoms with E-state index in [4.69, 9.17) is 28.4 Å². The molecule has 1 saturated carbocycles. The van der Waals surface area contributed by atoms with Crippen LogP contribution in [0.3, 0.4) is 0 Å². The topological polar surface area (TPSA) is 262 Å². The van der Waals surface area contributed by atoms with E-state index < -0.39 is 133 Å². The molecule has 0 aromatic carbocycles. The molecule has 18 nitrogen and oxygen atoms in total. The van der Waals surface area contributed by atoms with Crippen molar-refractivity contribution in [2.24, 2.45) is 40.9 Å². The first-order valence-electron chi connectivity index (χ1n) is 26.6. The van der Waals surface area contributed by atoms with Gasteiger partial charge in [0, 0.05) is 58.5 Å². The van der Waals surface area contributed by atoms with Crippen LogP contribution in [0.5, 0.6) is 0 Å². The number of ketones is 3. The Balaban J connectivity index is 1.71. The van der Waals surface area contributed by atoms with Gasteiger partial charge in [0.2, 0.25) is 5.79 Å². The number of esters is 2. The number of allylic oxidation sites excluding steroid dienone is 6. The van der Waals surface area contributed by atoms with Crippen molar-refractivity contribution in [3.63, 3.8) is 0 Å². The third-order valence-electron chi connectivity index (χ3n) is 15.9. The summed E-state index contributed by atoms with van der Waals surface area (Å²) in [5.74, 6) is -10.1. The number of ether oxygens (including phenoxy) is 6. The molecule has 15 atom stereocenters. The van der Waals surface area contributed by atoms with Gasteiger partial charge in [0.15, 0.2) is 5.78 Å². The van der Waals surface area contributed by atoms with Crippen molar-refractivity contribution in [2.45, 2.75) is 180 Å². The highest BCUT2D eigenvalue weighted by Crippen LogP contribution is 2.38. The van der Waals surface area contributed by atoms with Gasteiger partial charge in [-0.05, 0) is 107 Å². The Morgan fingerprint density at radius 1 is 0.878 bits per heavy atom. The Labute approximate surface area is 437 Å². The molecule has 0 aromatic heterocycles. The summed E-state index contributed by atoms with van der Waals surface area (Å²) in [5, 5.41) is 53.6. The van der Waals surface area contributed by atoms with Crippen LogP contribution in [0.4, 0.5) is 0 Å². The monoisotopic (exact) mass is 1050 g/mol. The molecule has 2 bridgehead atoms. The van der Waals surface area contributed by atoms with Gasteiger partial charge in [-0.25, -0.2) is 4.79 Å². The van der Waals surface area contributed by atoms with E-state index in [-0.39, 0.29) is 49.0 Å². The largest absolute Gasteiger partial charge is 0.460 e. The molecule has 3 aliphatic heterocycles. The predicted octanol–water partition coefficient (Wildman–Crippen LogP) is 4.69. The number of carbonyl (C=O) groups is 6. The normalized spacial score (nSPS) is 37.1. The van der Waals surface area contributed by atoms with Gasteiger partial charge in [-0.15, -0.1) is 0 Å². The molecule has 4 aliphatic rings. The van der Waals surface area contributed by atoms with E-state index in [1.54, 1.807) is 27.9 Å². The second-order valence-corrected chi connectivity index (χ2v) is 21.8. The third kappa shape index (κ3) is 16.0. The molecule has 0 spiro atoms. The summed E-state index contributed by atoms with van der Waals surface area (Å²) in [5.41, 5.74) is -0.665. The van der Waals surface area contributed by atoms with Crippen molar-refractivity contribution >= 4 is 35.2 Å². The first-order chi connectivity index (χ1) is 35.0. The Hall–Kier alpha value is -3.98. The van der Waals surface area contributed by atoms with Gasteiger partial charge in [0.05, 0.1) is 38.1 Å². The number of cyclic esters (lactones) is 1. The number of methoxy groups -OCH3 is 3. The molecular formula is C56H87NO17. The lowest BCUT2D eigenvalue weighted by Crippen LogP contribution is -2.61. The zero-order chi connectivity index (χ0) is 55.1. The van der Waals surface area contributed by atoms with Crippen molar-refractivity contribution in [1.82, 2.24) is 4.90 Å². The highest BCUT2D eigenvalue weighted by Gasteiger charge is 2.53. The second-order valence-electron chi connectivity index (χ2n) is 21.8. The van der Waals surface area contributed by atoms with Gasteiger partial charge in [-0.1, -0.05) is 71.1 Å². The number of amides is 1. The van der Waals surface area contributed by atoms with Crippen molar-refractivity contribution in [3.05, 3.63) is 47.6 Å². The van der Waals surface area contributed by atoms with E-state index in [1.165, 1.54) is 27.2 Å². The molecule has 1 aliphatic carbocycles. The fourth-order valence-corrected chi connectivity index (χ4v) is 10.7. The van der Waals surface area contributed by atoms with Crippen LogP contribution in [-0.2, 0) is 57.2 Å². The molecule has 4 rings (SSSR count).